The SMILES string of the molecule is COCC(CNC(C)c1ccc(OC)cc1F)OC. The number of nitrogens with one attached hydrogen (secondary N) is 1. The summed E-state index contributed by atoms with van der Waals surface area (Å²) < 4.78 is 29.1. The zero-order valence-electron chi connectivity index (χ0n) is 11.9. The molecule has 4 nitrogen and oxygen atoms in total. The second-order valence-corrected chi connectivity index (χ2v) is 4.33. The Labute approximate surface area is 113 Å². The lowest BCUT2D eigenvalue weighted by Gasteiger charge is -2.20. The first-order valence-corrected chi connectivity index (χ1v) is 6.21. The summed E-state index contributed by atoms with van der Waals surface area (Å²) in [5.41, 5.74) is 0.605. The Morgan fingerprint density at radius 1 is 1.26 bits per heavy atom. The van der Waals surface area contributed by atoms with Gasteiger partial charge in [-0.15, -0.1) is 0 Å². The third-order valence-electron chi connectivity index (χ3n) is 3.01. The van der Waals surface area contributed by atoms with E-state index in [1.165, 1.54) is 13.2 Å². The lowest BCUT2D eigenvalue weighted by atomic mass is 10.1. The third kappa shape index (κ3) is 4.78. The monoisotopic (exact) mass is 271 g/mol. The molecule has 0 aliphatic heterocycles. The van der Waals surface area contributed by atoms with E-state index in [9.17, 15) is 4.39 Å². The van der Waals surface area contributed by atoms with Crippen molar-refractivity contribution >= 4 is 0 Å². The molecule has 0 bridgehead atoms. The molecule has 1 rings (SSSR count). The Balaban J connectivity index is 2.60. The number of ether oxygens (including phenoxy) is 3. The lowest BCUT2D eigenvalue weighted by molar-refractivity contribution is 0.0276. The summed E-state index contributed by atoms with van der Waals surface area (Å²) in [6.07, 6.45) is -0.0474. The van der Waals surface area contributed by atoms with Crippen LogP contribution in [-0.4, -0.2) is 40.6 Å². The maximum atomic E-state index is 13.9. The molecule has 5 heteroatoms. The van der Waals surface area contributed by atoms with Gasteiger partial charge >= 0.3 is 0 Å². The molecule has 0 aromatic heterocycles. The van der Waals surface area contributed by atoms with Gasteiger partial charge in [0.1, 0.15) is 11.6 Å². The second-order valence-electron chi connectivity index (χ2n) is 4.33. The lowest BCUT2D eigenvalue weighted by Crippen LogP contribution is -2.33. The Morgan fingerprint density at radius 3 is 2.53 bits per heavy atom. The molecule has 1 N–H and O–H groups in total. The van der Waals surface area contributed by atoms with Gasteiger partial charge in [-0.2, -0.15) is 0 Å². The minimum absolute atomic E-state index is 0.0474. The highest BCUT2D eigenvalue weighted by molar-refractivity contribution is 5.30. The minimum Gasteiger partial charge on any atom is -0.497 e. The average Bonchev–Trinajstić information content (AvgIpc) is 2.42. The van der Waals surface area contributed by atoms with E-state index in [0.29, 0.717) is 24.5 Å². The number of methoxy groups -OCH3 is 3. The van der Waals surface area contributed by atoms with Crippen molar-refractivity contribution in [2.75, 3.05) is 34.5 Å². The Hall–Kier alpha value is -1.17. The third-order valence-corrected chi connectivity index (χ3v) is 3.01. The van der Waals surface area contributed by atoms with Crippen molar-refractivity contribution in [1.82, 2.24) is 5.32 Å². The second kappa shape index (κ2) is 8.09. The van der Waals surface area contributed by atoms with Gasteiger partial charge in [0, 0.05) is 38.4 Å². The van der Waals surface area contributed by atoms with E-state index in [-0.39, 0.29) is 18.0 Å². The van der Waals surface area contributed by atoms with E-state index < -0.39 is 0 Å². The van der Waals surface area contributed by atoms with Crippen molar-refractivity contribution < 1.29 is 18.6 Å². The Morgan fingerprint density at radius 2 is 2.00 bits per heavy atom. The van der Waals surface area contributed by atoms with Gasteiger partial charge in [0.15, 0.2) is 0 Å². The zero-order chi connectivity index (χ0) is 14.3. The van der Waals surface area contributed by atoms with Crippen LogP contribution < -0.4 is 10.1 Å². The number of hydrogen-bond donors (Lipinski definition) is 1. The number of halogens is 1. The highest BCUT2D eigenvalue weighted by Gasteiger charge is 2.14. The molecule has 0 spiro atoms. The van der Waals surface area contributed by atoms with Gasteiger partial charge in [-0.1, -0.05) is 6.07 Å². The van der Waals surface area contributed by atoms with Crippen LogP contribution in [0.25, 0.3) is 0 Å². The largest absolute Gasteiger partial charge is 0.497 e. The van der Waals surface area contributed by atoms with E-state index in [4.69, 9.17) is 14.2 Å². The van der Waals surface area contributed by atoms with Crippen LogP contribution in [0.5, 0.6) is 5.75 Å². The maximum Gasteiger partial charge on any atom is 0.131 e. The molecule has 1 aromatic carbocycles. The number of benzene rings is 1. The predicted molar refractivity (Wildman–Crippen MR) is 72.0 cm³/mol. The summed E-state index contributed by atoms with van der Waals surface area (Å²) in [5.74, 6) is 0.239. The quantitative estimate of drug-likeness (QED) is 0.786. The van der Waals surface area contributed by atoms with Crippen LogP contribution >= 0.6 is 0 Å². The zero-order valence-corrected chi connectivity index (χ0v) is 11.9. The molecule has 0 fully saturated rings. The molecule has 108 valence electrons. The maximum absolute atomic E-state index is 13.9. The molecular weight excluding hydrogens is 249 g/mol. The fraction of sp³-hybridized carbons (Fsp3) is 0.571. The van der Waals surface area contributed by atoms with Crippen molar-refractivity contribution in [3.63, 3.8) is 0 Å². The summed E-state index contributed by atoms with van der Waals surface area (Å²) in [6, 6.07) is 4.75. The molecule has 0 aliphatic rings. The first-order valence-electron chi connectivity index (χ1n) is 6.21. The number of rotatable bonds is 8. The highest BCUT2D eigenvalue weighted by Crippen LogP contribution is 2.21. The molecular formula is C14H22FNO3. The van der Waals surface area contributed by atoms with Gasteiger partial charge in [0.2, 0.25) is 0 Å². The van der Waals surface area contributed by atoms with E-state index in [1.807, 2.05) is 6.92 Å². The molecule has 0 radical (unpaired) electrons. The molecule has 0 saturated carbocycles. The summed E-state index contributed by atoms with van der Waals surface area (Å²) in [7, 11) is 4.77. The van der Waals surface area contributed by atoms with Gasteiger partial charge in [-0.05, 0) is 13.0 Å². The van der Waals surface area contributed by atoms with Crippen LogP contribution in [0.4, 0.5) is 4.39 Å². The van der Waals surface area contributed by atoms with Crippen LogP contribution in [0.15, 0.2) is 18.2 Å². The minimum atomic E-state index is -0.278. The standard InChI is InChI=1S/C14H22FNO3/c1-10(16-8-12(19-4)9-17-2)13-6-5-11(18-3)7-14(13)15/h5-7,10,12,16H,8-9H2,1-4H3. The first kappa shape index (κ1) is 15.9. The van der Waals surface area contributed by atoms with Gasteiger partial charge in [-0.3, -0.25) is 0 Å². The molecule has 1 aromatic rings. The summed E-state index contributed by atoms with van der Waals surface area (Å²) in [6.45, 7) is 3.00. The summed E-state index contributed by atoms with van der Waals surface area (Å²) in [5, 5.41) is 3.23. The predicted octanol–water partition coefficient (Wildman–Crippen LogP) is 2.15. The van der Waals surface area contributed by atoms with Crippen LogP contribution in [0, 0.1) is 5.82 Å². The summed E-state index contributed by atoms with van der Waals surface area (Å²) >= 11 is 0. The van der Waals surface area contributed by atoms with Gasteiger partial charge < -0.3 is 19.5 Å². The van der Waals surface area contributed by atoms with E-state index in [1.54, 1.807) is 26.4 Å². The van der Waals surface area contributed by atoms with Gasteiger partial charge in [-0.25, -0.2) is 4.39 Å². The molecule has 2 unspecified atom stereocenters. The van der Waals surface area contributed by atoms with Crippen molar-refractivity contribution in [1.29, 1.82) is 0 Å². The topological polar surface area (TPSA) is 39.7 Å². The molecule has 19 heavy (non-hydrogen) atoms. The molecule has 0 heterocycles. The van der Waals surface area contributed by atoms with Crippen LogP contribution in [0.2, 0.25) is 0 Å². The van der Waals surface area contributed by atoms with Crippen LogP contribution in [0.1, 0.15) is 18.5 Å². The van der Waals surface area contributed by atoms with Crippen LogP contribution in [0.3, 0.4) is 0 Å². The highest BCUT2D eigenvalue weighted by atomic mass is 19.1. The normalized spacial score (nSPS) is 14.2. The van der Waals surface area contributed by atoms with Crippen LogP contribution in [-0.2, 0) is 9.47 Å². The van der Waals surface area contributed by atoms with Crippen molar-refractivity contribution in [2.45, 2.75) is 19.1 Å². The first-order chi connectivity index (χ1) is 9.12. The Kier molecular flexibility index (Phi) is 6.77. The van der Waals surface area contributed by atoms with Crippen molar-refractivity contribution in [3.8, 4) is 5.75 Å². The molecule has 0 amide bonds. The van der Waals surface area contributed by atoms with Gasteiger partial charge in [0.25, 0.3) is 0 Å². The van der Waals surface area contributed by atoms with Gasteiger partial charge in [0.05, 0.1) is 19.8 Å². The molecule has 0 saturated heterocycles. The fourth-order valence-electron chi connectivity index (χ4n) is 1.80. The fourth-order valence-corrected chi connectivity index (χ4v) is 1.80. The molecule has 0 aliphatic carbocycles. The van der Waals surface area contributed by atoms with Crippen molar-refractivity contribution in [3.05, 3.63) is 29.6 Å². The van der Waals surface area contributed by atoms with Crippen molar-refractivity contribution in [2.24, 2.45) is 0 Å². The van der Waals surface area contributed by atoms with E-state index >= 15 is 0 Å². The van der Waals surface area contributed by atoms with E-state index in [2.05, 4.69) is 5.32 Å². The Bertz CT molecular complexity index is 387. The summed E-state index contributed by atoms with van der Waals surface area (Å²) in [4.78, 5) is 0. The van der Waals surface area contributed by atoms with E-state index in [0.717, 1.165) is 0 Å². The average molecular weight is 271 g/mol. The smallest absolute Gasteiger partial charge is 0.131 e. The molecule has 2 atom stereocenters. The number of hydrogen-bond acceptors (Lipinski definition) is 4.